The molecule has 6 nitrogen and oxygen atoms in total. The molecule has 104 valence electrons. The lowest BCUT2D eigenvalue weighted by molar-refractivity contribution is -0.139. The summed E-state index contributed by atoms with van der Waals surface area (Å²) in [5.41, 5.74) is 1.09. The Morgan fingerprint density at radius 3 is 2.47 bits per heavy atom. The van der Waals surface area contributed by atoms with E-state index >= 15 is 0 Å². The van der Waals surface area contributed by atoms with Crippen molar-refractivity contribution in [3.8, 4) is 0 Å². The third-order valence-electron chi connectivity index (χ3n) is 2.56. The summed E-state index contributed by atoms with van der Waals surface area (Å²) in [5.74, 6) is -1.16. The molecule has 0 saturated heterocycles. The van der Waals surface area contributed by atoms with Crippen molar-refractivity contribution in [2.45, 2.75) is 18.9 Å². The number of benzene rings is 1. The first-order chi connectivity index (χ1) is 9.13. The third-order valence-corrected chi connectivity index (χ3v) is 2.56. The second-order valence-electron chi connectivity index (χ2n) is 4.04. The summed E-state index contributed by atoms with van der Waals surface area (Å²) in [6, 6.07) is 8.03. The van der Waals surface area contributed by atoms with E-state index in [1.54, 1.807) is 0 Å². The molecule has 0 saturated carbocycles. The van der Waals surface area contributed by atoms with Crippen molar-refractivity contribution in [1.29, 1.82) is 0 Å². The van der Waals surface area contributed by atoms with Crippen molar-refractivity contribution < 1.29 is 19.8 Å². The molecule has 19 heavy (non-hydrogen) atoms. The van der Waals surface area contributed by atoms with Crippen molar-refractivity contribution in [2.75, 3.05) is 13.2 Å². The summed E-state index contributed by atoms with van der Waals surface area (Å²) < 4.78 is 0. The molecular weight excluding hydrogens is 248 g/mol. The second-order valence-corrected chi connectivity index (χ2v) is 4.04. The number of nitrogens with one attached hydrogen (secondary N) is 2. The SMILES string of the molecule is O=C(NCCc1ccccc1)N[C@H](CCO)C(=O)O. The average Bonchev–Trinajstić information content (AvgIpc) is 2.39. The molecule has 0 spiro atoms. The van der Waals surface area contributed by atoms with Crippen LogP contribution >= 0.6 is 0 Å². The molecule has 0 aromatic heterocycles. The highest BCUT2D eigenvalue weighted by Gasteiger charge is 2.18. The minimum Gasteiger partial charge on any atom is -0.480 e. The number of aliphatic carboxylic acids is 1. The lowest BCUT2D eigenvalue weighted by Crippen LogP contribution is -2.46. The van der Waals surface area contributed by atoms with Crippen molar-refractivity contribution in [2.24, 2.45) is 0 Å². The van der Waals surface area contributed by atoms with Gasteiger partial charge < -0.3 is 20.8 Å². The van der Waals surface area contributed by atoms with Gasteiger partial charge in [-0.3, -0.25) is 0 Å². The molecule has 1 atom stereocenters. The number of hydrogen-bond donors (Lipinski definition) is 4. The van der Waals surface area contributed by atoms with Gasteiger partial charge in [0, 0.05) is 19.6 Å². The van der Waals surface area contributed by atoms with Gasteiger partial charge in [-0.2, -0.15) is 0 Å². The van der Waals surface area contributed by atoms with Crippen LogP contribution in [-0.2, 0) is 11.2 Å². The van der Waals surface area contributed by atoms with Crippen LogP contribution in [0, 0.1) is 0 Å². The van der Waals surface area contributed by atoms with E-state index in [4.69, 9.17) is 10.2 Å². The molecule has 1 rings (SSSR count). The quantitative estimate of drug-likeness (QED) is 0.573. The molecular formula is C13H18N2O4. The number of carbonyl (C=O) groups is 2. The van der Waals surface area contributed by atoms with Crippen molar-refractivity contribution in [3.05, 3.63) is 35.9 Å². The summed E-state index contributed by atoms with van der Waals surface area (Å²) in [5, 5.41) is 22.4. The molecule has 0 fully saturated rings. The maximum absolute atomic E-state index is 11.5. The lowest BCUT2D eigenvalue weighted by atomic mass is 10.1. The number of amides is 2. The topological polar surface area (TPSA) is 98.7 Å². The summed E-state index contributed by atoms with van der Waals surface area (Å²) >= 11 is 0. The van der Waals surface area contributed by atoms with Crippen LogP contribution in [0.3, 0.4) is 0 Å². The zero-order valence-electron chi connectivity index (χ0n) is 10.5. The highest BCUT2D eigenvalue weighted by atomic mass is 16.4. The van der Waals surface area contributed by atoms with Crippen molar-refractivity contribution in [1.82, 2.24) is 10.6 Å². The number of carbonyl (C=O) groups excluding carboxylic acids is 1. The number of aliphatic hydroxyl groups excluding tert-OH is 1. The Kier molecular flexibility index (Phi) is 6.38. The van der Waals surface area contributed by atoms with Gasteiger partial charge in [0.05, 0.1) is 0 Å². The molecule has 0 aliphatic carbocycles. The molecule has 0 aliphatic heterocycles. The second kappa shape index (κ2) is 8.10. The van der Waals surface area contributed by atoms with Crippen LogP contribution in [0.5, 0.6) is 0 Å². The molecule has 0 bridgehead atoms. The molecule has 1 aromatic rings. The molecule has 0 heterocycles. The Balaban J connectivity index is 2.29. The highest BCUT2D eigenvalue weighted by Crippen LogP contribution is 1.98. The monoisotopic (exact) mass is 266 g/mol. The molecule has 4 N–H and O–H groups in total. The molecule has 0 aliphatic rings. The standard InChI is InChI=1S/C13H18N2O4/c16-9-7-11(12(17)18)15-13(19)14-8-6-10-4-2-1-3-5-10/h1-5,11,16H,6-9H2,(H,17,18)(H2,14,15,19)/t11-/m1/s1. The van der Waals surface area contributed by atoms with Crippen LogP contribution in [0.1, 0.15) is 12.0 Å². The predicted molar refractivity (Wildman–Crippen MR) is 69.8 cm³/mol. The number of carboxylic acid groups (broad SMARTS) is 1. The van der Waals surface area contributed by atoms with Gasteiger partial charge in [-0.1, -0.05) is 30.3 Å². The fraction of sp³-hybridized carbons (Fsp3) is 0.385. The molecule has 1 aromatic carbocycles. The first kappa shape index (κ1) is 15.0. The van der Waals surface area contributed by atoms with E-state index in [1.807, 2.05) is 30.3 Å². The van der Waals surface area contributed by atoms with Gasteiger partial charge >= 0.3 is 12.0 Å². The van der Waals surface area contributed by atoms with E-state index < -0.39 is 18.0 Å². The number of hydrogen-bond acceptors (Lipinski definition) is 3. The molecule has 0 radical (unpaired) electrons. The van der Waals surface area contributed by atoms with E-state index in [-0.39, 0.29) is 13.0 Å². The number of urea groups is 1. The summed E-state index contributed by atoms with van der Waals surface area (Å²) in [6.45, 7) is 0.128. The minimum atomic E-state index is -1.16. The zero-order chi connectivity index (χ0) is 14.1. The Bertz CT molecular complexity index is 408. The molecule has 6 heteroatoms. The third kappa shape index (κ3) is 5.87. The molecule has 0 unspecified atom stereocenters. The van der Waals surface area contributed by atoms with Gasteiger partial charge in [-0.15, -0.1) is 0 Å². The van der Waals surface area contributed by atoms with Crippen molar-refractivity contribution in [3.63, 3.8) is 0 Å². The van der Waals surface area contributed by atoms with Gasteiger partial charge in [0.15, 0.2) is 0 Å². The van der Waals surface area contributed by atoms with Gasteiger partial charge in [0.1, 0.15) is 6.04 Å². The Hall–Kier alpha value is -2.08. The first-order valence-electron chi connectivity index (χ1n) is 6.05. The average molecular weight is 266 g/mol. The maximum Gasteiger partial charge on any atom is 0.326 e. The largest absolute Gasteiger partial charge is 0.480 e. The zero-order valence-corrected chi connectivity index (χ0v) is 10.5. The summed E-state index contributed by atoms with van der Waals surface area (Å²) in [7, 11) is 0. The van der Waals surface area contributed by atoms with E-state index in [0.29, 0.717) is 13.0 Å². The van der Waals surface area contributed by atoms with Crippen LogP contribution in [0.2, 0.25) is 0 Å². The van der Waals surface area contributed by atoms with Gasteiger partial charge in [-0.25, -0.2) is 9.59 Å². The summed E-state index contributed by atoms with van der Waals surface area (Å²) in [4.78, 5) is 22.2. The van der Waals surface area contributed by atoms with Crippen LogP contribution in [0.4, 0.5) is 4.79 Å². The Morgan fingerprint density at radius 2 is 1.89 bits per heavy atom. The predicted octanol–water partition coefficient (Wildman–Crippen LogP) is 0.364. The maximum atomic E-state index is 11.5. The van der Waals surface area contributed by atoms with Gasteiger partial charge in [0.2, 0.25) is 0 Å². The number of rotatable bonds is 7. The number of carboxylic acids is 1. The fourth-order valence-electron chi connectivity index (χ4n) is 1.56. The van der Waals surface area contributed by atoms with Gasteiger partial charge in [0.25, 0.3) is 0 Å². The van der Waals surface area contributed by atoms with Crippen LogP contribution < -0.4 is 10.6 Å². The summed E-state index contributed by atoms with van der Waals surface area (Å²) in [6.07, 6.45) is 0.660. The smallest absolute Gasteiger partial charge is 0.326 e. The normalized spacial score (nSPS) is 11.6. The van der Waals surface area contributed by atoms with Crippen LogP contribution in [0.25, 0.3) is 0 Å². The Labute approximate surface area is 111 Å². The highest BCUT2D eigenvalue weighted by molar-refractivity contribution is 5.82. The molecule has 2 amide bonds. The van der Waals surface area contributed by atoms with E-state index in [2.05, 4.69) is 10.6 Å². The van der Waals surface area contributed by atoms with Crippen LogP contribution in [-0.4, -0.2) is 41.4 Å². The van der Waals surface area contributed by atoms with E-state index in [0.717, 1.165) is 5.56 Å². The number of aliphatic hydroxyl groups is 1. The first-order valence-corrected chi connectivity index (χ1v) is 6.05. The fourth-order valence-corrected chi connectivity index (χ4v) is 1.56. The minimum absolute atomic E-state index is 0.0125. The van der Waals surface area contributed by atoms with E-state index in [9.17, 15) is 9.59 Å². The van der Waals surface area contributed by atoms with Crippen LogP contribution in [0.15, 0.2) is 30.3 Å². The van der Waals surface area contributed by atoms with E-state index in [1.165, 1.54) is 0 Å². The Morgan fingerprint density at radius 1 is 1.21 bits per heavy atom. The lowest BCUT2D eigenvalue weighted by Gasteiger charge is -2.13. The van der Waals surface area contributed by atoms with Gasteiger partial charge in [-0.05, 0) is 12.0 Å². The van der Waals surface area contributed by atoms with Crippen molar-refractivity contribution >= 4 is 12.0 Å².